The van der Waals surface area contributed by atoms with Gasteiger partial charge in [-0.25, -0.2) is 9.37 Å². The Hall–Kier alpha value is -3.49. The first-order chi connectivity index (χ1) is 10.9. The molecule has 2 N–H and O–H groups in total. The first kappa shape index (κ1) is 14.4. The van der Waals surface area contributed by atoms with E-state index in [1.165, 1.54) is 22.7 Å². The van der Waals surface area contributed by atoms with E-state index in [-0.39, 0.29) is 22.8 Å². The molecule has 0 aliphatic rings. The molecule has 1 aromatic carbocycles. The number of aromatic hydroxyl groups is 1. The lowest BCUT2D eigenvalue weighted by atomic mass is 10.2. The van der Waals surface area contributed by atoms with Gasteiger partial charge in [0.05, 0.1) is 10.6 Å². The highest BCUT2D eigenvalue weighted by Crippen LogP contribution is 2.28. The lowest BCUT2D eigenvalue weighted by Crippen LogP contribution is -2.12. The summed E-state index contributed by atoms with van der Waals surface area (Å²) in [5, 5.41) is 22.7. The van der Waals surface area contributed by atoms with E-state index < -0.39 is 16.6 Å². The van der Waals surface area contributed by atoms with Gasteiger partial charge in [-0.15, -0.1) is 0 Å². The quantitative estimate of drug-likeness (QED) is 0.438. The van der Waals surface area contributed by atoms with Crippen LogP contribution in [0, 0.1) is 15.9 Å². The molecule has 0 aliphatic carbocycles. The monoisotopic (exact) mass is 316 g/mol. The molecule has 0 bridgehead atoms. The number of nitro benzene ring substituents is 1. The van der Waals surface area contributed by atoms with Crippen molar-refractivity contribution in [2.75, 3.05) is 5.32 Å². The van der Waals surface area contributed by atoms with Crippen LogP contribution in [-0.4, -0.2) is 25.3 Å². The maximum Gasteiger partial charge on any atom is 0.275 e. The first-order valence-corrected chi connectivity index (χ1v) is 6.37. The maximum absolute atomic E-state index is 13.1. The summed E-state index contributed by atoms with van der Waals surface area (Å²) in [6.07, 6.45) is 2.46. The lowest BCUT2D eigenvalue weighted by Gasteiger charge is -2.05. The fourth-order valence-corrected chi connectivity index (χ4v) is 2.00. The van der Waals surface area contributed by atoms with Crippen molar-refractivity contribution in [2.45, 2.75) is 0 Å². The Bertz CT molecular complexity index is 938. The summed E-state index contributed by atoms with van der Waals surface area (Å²) in [6, 6.07) is 5.85. The van der Waals surface area contributed by atoms with Crippen molar-refractivity contribution in [2.24, 2.45) is 0 Å². The number of hydrogen-bond donors (Lipinski definition) is 2. The number of fused-ring (bicyclic) bond motifs is 1. The fourth-order valence-electron chi connectivity index (χ4n) is 2.00. The van der Waals surface area contributed by atoms with E-state index in [9.17, 15) is 24.4 Å². The average Bonchev–Trinajstić information content (AvgIpc) is 2.92. The predicted molar refractivity (Wildman–Crippen MR) is 77.9 cm³/mol. The van der Waals surface area contributed by atoms with Gasteiger partial charge >= 0.3 is 0 Å². The van der Waals surface area contributed by atoms with E-state index in [1.807, 2.05) is 0 Å². The topological polar surface area (TPSA) is 110 Å². The van der Waals surface area contributed by atoms with E-state index in [0.717, 1.165) is 24.4 Å². The fraction of sp³-hybridized carbons (Fsp3) is 0. The van der Waals surface area contributed by atoms with Crippen molar-refractivity contribution < 1.29 is 19.2 Å². The van der Waals surface area contributed by atoms with Crippen LogP contribution in [0.5, 0.6) is 5.75 Å². The summed E-state index contributed by atoms with van der Waals surface area (Å²) in [6.45, 7) is 0. The van der Waals surface area contributed by atoms with Crippen molar-refractivity contribution >= 4 is 22.9 Å². The van der Waals surface area contributed by atoms with Gasteiger partial charge in [-0.05, 0) is 18.2 Å². The Morgan fingerprint density at radius 3 is 2.83 bits per heavy atom. The third-order valence-electron chi connectivity index (χ3n) is 3.09. The number of aromatic nitrogens is 2. The van der Waals surface area contributed by atoms with E-state index in [0.29, 0.717) is 5.65 Å². The molecule has 0 radical (unpaired) electrons. The number of anilines is 1. The highest BCUT2D eigenvalue weighted by molar-refractivity contribution is 6.04. The van der Waals surface area contributed by atoms with Gasteiger partial charge < -0.3 is 14.8 Å². The molecule has 8 nitrogen and oxygen atoms in total. The second kappa shape index (κ2) is 5.37. The molecule has 23 heavy (non-hydrogen) atoms. The Kier molecular flexibility index (Phi) is 3.37. The summed E-state index contributed by atoms with van der Waals surface area (Å²) in [4.78, 5) is 26.2. The minimum atomic E-state index is -0.690. The molecule has 0 unspecified atom stereocenters. The van der Waals surface area contributed by atoms with Crippen LogP contribution in [-0.2, 0) is 0 Å². The van der Waals surface area contributed by atoms with Gasteiger partial charge in [-0.2, -0.15) is 0 Å². The smallest absolute Gasteiger partial charge is 0.275 e. The van der Waals surface area contributed by atoms with E-state index in [2.05, 4.69) is 10.3 Å². The van der Waals surface area contributed by atoms with E-state index in [1.54, 1.807) is 0 Å². The third kappa shape index (κ3) is 2.79. The molecule has 3 rings (SSSR count). The Balaban J connectivity index is 1.91. The van der Waals surface area contributed by atoms with Crippen molar-refractivity contribution in [1.29, 1.82) is 0 Å². The van der Waals surface area contributed by atoms with Crippen LogP contribution < -0.4 is 5.32 Å². The SMILES string of the molecule is O=C(Nc1cc([N+](=O)[O-])ccc1O)c1cn2cc(F)ccc2n1. The van der Waals surface area contributed by atoms with Crippen LogP contribution in [0.25, 0.3) is 5.65 Å². The number of hydrogen-bond acceptors (Lipinski definition) is 5. The second-order valence-corrected chi connectivity index (χ2v) is 4.65. The van der Waals surface area contributed by atoms with Crippen LogP contribution in [0.4, 0.5) is 15.8 Å². The number of halogens is 1. The number of phenols is 1. The molecule has 3 aromatic rings. The van der Waals surface area contributed by atoms with Crippen LogP contribution >= 0.6 is 0 Å². The number of non-ortho nitro benzene ring substituents is 1. The molecule has 0 saturated heterocycles. The summed E-state index contributed by atoms with van der Waals surface area (Å²) in [5.74, 6) is -1.50. The molecule has 0 aliphatic heterocycles. The zero-order valence-electron chi connectivity index (χ0n) is 11.4. The zero-order valence-corrected chi connectivity index (χ0v) is 11.4. The van der Waals surface area contributed by atoms with Gasteiger partial charge in [-0.1, -0.05) is 0 Å². The molecule has 0 saturated carbocycles. The van der Waals surface area contributed by atoms with Crippen LogP contribution in [0.15, 0.2) is 42.7 Å². The number of rotatable bonds is 3. The van der Waals surface area contributed by atoms with Gasteiger partial charge in [0.2, 0.25) is 0 Å². The van der Waals surface area contributed by atoms with Crippen LogP contribution in [0.2, 0.25) is 0 Å². The second-order valence-electron chi connectivity index (χ2n) is 4.65. The minimum Gasteiger partial charge on any atom is -0.506 e. The summed E-state index contributed by atoms with van der Waals surface area (Å²) >= 11 is 0. The summed E-state index contributed by atoms with van der Waals surface area (Å²) in [5.41, 5.74) is -0.0658. The standard InChI is InChI=1S/C14H9FN4O4/c15-8-1-4-13-16-11(7-18(13)6-8)14(21)17-10-5-9(19(22)23)2-3-12(10)20/h1-7,20H,(H,17,21). The molecule has 9 heteroatoms. The van der Waals surface area contributed by atoms with Crippen LogP contribution in [0.1, 0.15) is 10.5 Å². The van der Waals surface area contributed by atoms with Gasteiger partial charge in [-0.3, -0.25) is 14.9 Å². The van der Waals surface area contributed by atoms with Gasteiger partial charge in [0, 0.05) is 24.5 Å². The number of nitrogens with one attached hydrogen (secondary N) is 1. The molecule has 0 spiro atoms. The highest BCUT2D eigenvalue weighted by Gasteiger charge is 2.16. The van der Waals surface area contributed by atoms with Crippen molar-refractivity contribution in [3.05, 3.63) is 64.4 Å². The number of phenolic OH excluding ortho intramolecular Hbond substituents is 1. The number of benzene rings is 1. The van der Waals surface area contributed by atoms with Gasteiger partial charge in [0.25, 0.3) is 11.6 Å². The van der Waals surface area contributed by atoms with Crippen molar-refractivity contribution in [1.82, 2.24) is 9.38 Å². The molecular formula is C14H9FN4O4. The maximum atomic E-state index is 13.1. The Labute approximate surface area is 128 Å². The largest absolute Gasteiger partial charge is 0.506 e. The van der Waals surface area contributed by atoms with Gasteiger partial charge in [0.15, 0.2) is 0 Å². The summed E-state index contributed by atoms with van der Waals surface area (Å²) < 4.78 is 14.5. The molecule has 2 aromatic heterocycles. The minimum absolute atomic E-state index is 0.0264. The molecule has 0 fully saturated rings. The highest BCUT2D eigenvalue weighted by atomic mass is 19.1. The number of amides is 1. The number of carbonyl (C=O) groups is 1. The first-order valence-electron chi connectivity index (χ1n) is 6.37. The van der Waals surface area contributed by atoms with E-state index in [4.69, 9.17) is 0 Å². The van der Waals surface area contributed by atoms with Crippen molar-refractivity contribution in [3.63, 3.8) is 0 Å². The normalized spacial score (nSPS) is 10.7. The predicted octanol–water partition coefficient (Wildman–Crippen LogP) is 2.34. The molecule has 2 heterocycles. The summed E-state index contributed by atoms with van der Waals surface area (Å²) in [7, 11) is 0. The molecule has 0 atom stereocenters. The Morgan fingerprint density at radius 1 is 1.30 bits per heavy atom. The lowest BCUT2D eigenvalue weighted by molar-refractivity contribution is -0.384. The third-order valence-corrected chi connectivity index (χ3v) is 3.09. The van der Waals surface area contributed by atoms with Crippen molar-refractivity contribution in [3.8, 4) is 5.75 Å². The zero-order chi connectivity index (χ0) is 16.6. The molecule has 116 valence electrons. The number of nitro groups is 1. The van der Waals surface area contributed by atoms with E-state index >= 15 is 0 Å². The number of nitrogens with zero attached hydrogens (tertiary/aromatic N) is 3. The van der Waals surface area contributed by atoms with Crippen LogP contribution in [0.3, 0.4) is 0 Å². The molecule has 1 amide bonds. The Morgan fingerprint density at radius 2 is 2.09 bits per heavy atom. The number of imidazole rings is 1. The number of pyridine rings is 1. The number of carbonyl (C=O) groups excluding carboxylic acids is 1. The molecular weight excluding hydrogens is 307 g/mol. The average molecular weight is 316 g/mol. The van der Waals surface area contributed by atoms with Gasteiger partial charge in [0.1, 0.15) is 22.9 Å².